The first-order valence-electron chi connectivity index (χ1n) is 5.44. The summed E-state index contributed by atoms with van der Waals surface area (Å²) in [5, 5.41) is 8.91. The van der Waals surface area contributed by atoms with E-state index in [1.54, 1.807) is 4.90 Å². The van der Waals surface area contributed by atoms with Gasteiger partial charge in [0.15, 0.2) is 0 Å². The molecule has 1 amide bonds. The van der Waals surface area contributed by atoms with Crippen molar-refractivity contribution in [3.8, 4) is 6.07 Å². The molecule has 0 aromatic heterocycles. The predicted octanol–water partition coefficient (Wildman–Crippen LogP) is 2.16. The molecule has 1 fully saturated rings. The second-order valence-corrected chi connectivity index (χ2v) is 4.31. The molecule has 0 unspecified atom stereocenters. The largest absolute Gasteiger partial charge is 0.449 e. The Morgan fingerprint density at radius 2 is 2.40 bits per heavy atom. The topological polar surface area (TPSA) is 53.3 Å². The number of carbonyl (C=O) groups excluding carboxylic acids is 1. The number of hydrogen-bond acceptors (Lipinski definition) is 3. The molecule has 4 heteroatoms. The molecule has 0 spiro atoms. The van der Waals surface area contributed by atoms with Crippen molar-refractivity contribution in [3.63, 3.8) is 0 Å². The average Bonchev–Trinajstić information content (AvgIpc) is 2.62. The molecule has 1 heterocycles. The van der Waals surface area contributed by atoms with E-state index in [-0.39, 0.29) is 11.5 Å². The van der Waals surface area contributed by atoms with Gasteiger partial charge in [-0.25, -0.2) is 4.79 Å². The van der Waals surface area contributed by atoms with Gasteiger partial charge in [0.2, 0.25) is 0 Å². The molecule has 0 aromatic carbocycles. The fourth-order valence-electron chi connectivity index (χ4n) is 1.60. The van der Waals surface area contributed by atoms with Crippen LogP contribution in [0.1, 0.15) is 33.1 Å². The number of amides is 1. The van der Waals surface area contributed by atoms with E-state index in [0.717, 1.165) is 19.3 Å². The number of likely N-dealkylation sites (tertiary alicyclic amines) is 1. The van der Waals surface area contributed by atoms with Crippen molar-refractivity contribution in [2.75, 3.05) is 19.7 Å². The van der Waals surface area contributed by atoms with Crippen LogP contribution in [0.2, 0.25) is 0 Å². The van der Waals surface area contributed by atoms with Crippen molar-refractivity contribution in [1.82, 2.24) is 4.90 Å². The quantitative estimate of drug-likeness (QED) is 0.671. The fraction of sp³-hybridized carbons (Fsp3) is 0.818. The summed E-state index contributed by atoms with van der Waals surface area (Å²) in [5.41, 5.74) is -0.385. The highest BCUT2D eigenvalue weighted by molar-refractivity contribution is 5.68. The molecule has 1 saturated heterocycles. The third-order valence-corrected chi connectivity index (χ3v) is 2.72. The predicted molar refractivity (Wildman–Crippen MR) is 56.2 cm³/mol. The lowest BCUT2D eigenvalue weighted by Gasteiger charge is -2.17. The van der Waals surface area contributed by atoms with Gasteiger partial charge in [0.05, 0.1) is 18.1 Å². The molecule has 0 saturated carbocycles. The van der Waals surface area contributed by atoms with Crippen LogP contribution in [0, 0.1) is 16.7 Å². The Morgan fingerprint density at radius 3 is 2.93 bits per heavy atom. The SMILES string of the molecule is CCCCOC(=O)N1CC[C@](C)(C#N)C1. The summed E-state index contributed by atoms with van der Waals surface area (Å²) in [6.07, 6.45) is 2.38. The smallest absolute Gasteiger partial charge is 0.409 e. The summed E-state index contributed by atoms with van der Waals surface area (Å²) in [5.74, 6) is 0. The number of nitrogens with zero attached hydrogens (tertiary/aromatic N) is 2. The zero-order valence-electron chi connectivity index (χ0n) is 9.45. The lowest BCUT2D eigenvalue weighted by atomic mass is 9.92. The van der Waals surface area contributed by atoms with Gasteiger partial charge in [-0.15, -0.1) is 0 Å². The van der Waals surface area contributed by atoms with Crippen LogP contribution in [0.25, 0.3) is 0 Å². The van der Waals surface area contributed by atoms with E-state index in [2.05, 4.69) is 13.0 Å². The van der Waals surface area contributed by atoms with E-state index >= 15 is 0 Å². The maximum atomic E-state index is 11.5. The van der Waals surface area contributed by atoms with E-state index in [9.17, 15) is 4.79 Å². The zero-order valence-corrected chi connectivity index (χ0v) is 9.45. The minimum Gasteiger partial charge on any atom is -0.449 e. The summed E-state index contributed by atoms with van der Waals surface area (Å²) in [6.45, 7) is 5.54. The van der Waals surface area contributed by atoms with Gasteiger partial charge >= 0.3 is 6.09 Å². The molecule has 0 radical (unpaired) electrons. The summed E-state index contributed by atoms with van der Waals surface area (Å²) >= 11 is 0. The summed E-state index contributed by atoms with van der Waals surface area (Å²) < 4.78 is 5.08. The highest BCUT2D eigenvalue weighted by atomic mass is 16.6. The van der Waals surface area contributed by atoms with Gasteiger partial charge in [-0.3, -0.25) is 0 Å². The highest BCUT2D eigenvalue weighted by Gasteiger charge is 2.36. The van der Waals surface area contributed by atoms with Crippen LogP contribution < -0.4 is 0 Å². The standard InChI is InChI=1S/C11H18N2O2/c1-3-4-7-15-10(14)13-6-5-11(2,8-12)9-13/h3-7,9H2,1-2H3/t11-/m1/s1. The van der Waals surface area contributed by atoms with E-state index in [1.165, 1.54) is 0 Å². The van der Waals surface area contributed by atoms with Gasteiger partial charge in [-0.1, -0.05) is 13.3 Å². The van der Waals surface area contributed by atoms with Crippen LogP contribution in [-0.4, -0.2) is 30.7 Å². The minimum atomic E-state index is -0.385. The summed E-state index contributed by atoms with van der Waals surface area (Å²) in [6, 6.07) is 2.24. The Bertz CT molecular complexity index is 272. The molecule has 0 aromatic rings. The highest BCUT2D eigenvalue weighted by Crippen LogP contribution is 2.28. The van der Waals surface area contributed by atoms with Gasteiger partial charge in [0, 0.05) is 13.1 Å². The first-order chi connectivity index (χ1) is 7.11. The van der Waals surface area contributed by atoms with Crippen molar-refractivity contribution in [3.05, 3.63) is 0 Å². The zero-order chi connectivity index (χ0) is 11.3. The first kappa shape index (κ1) is 11.8. The number of hydrogen-bond donors (Lipinski definition) is 0. The maximum absolute atomic E-state index is 11.5. The first-order valence-corrected chi connectivity index (χ1v) is 5.44. The van der Waals surface area contributed by atoms with Crippen molar-refractivity contribution >= 4 is 6.09 Å². The van der Waals surface area contributed by atoms with E-state index in [1.807, 2.05) is 6.92 Å². The third kappa shape index (κ3) is 3.12. The average molecular weight is 210 g/mol. The molecular weight excluding hydrogens is 192 g/mol. The van der Waals surface area contributed by atoms with Crippen LogP contribution in [0.15, 0.2) is 0 Å². The van der Waals surface area contributed by atoms with Gasteiger partial charge in [-0.2, -0.15) is 5.26 Å². The second kappa shape index (κ2) is 5.01. The van der Waals surface area contributed by atoms with E-state index in [4.69, 9.17) is 10.00 Å². The molecule has 1 aliphatic rings. The van der Waals surface area contributed by atoms with Crippen LogP contribution >= 0.6 is 0 Å². The van der Waals surface area contributed by atoms with E-state index in [0.29, 0.717) is 19.7 Å². The molecule has 4 nitrogen and oxygen atoms in total. The van der Waals surface area contributed by atoms with E-state index < -0.39 is 0 Å². The summed E-state index contributed by atoms with van der Waals surface area (Å²) in [7, 11) is 0. The normalized spacial score (nSPS) is 25.0. The third-order valence-electron chi connectivity index (χ3n) is 2.72. The molecule has 1 aliphatic heterocycles. The lowest BCUT2D eigenvalue weighted by Crippen LogP contribution is -2.31. The Hall–Kier alpha value is -1.24. The summed E-state index contributed by atoms with van der Waals surface area (Å²) in [4.78, 5) is 13.1. The van der Waals surface area contributed by atoms with Crippen molar-refractivity contribution in [2.45, 2.75) is 33.1 Å². The van der Waals surface area contributed by atoms with Crippen LogP contribution in [0.5, 0.6) is 0 Å². The van der Waals surface area contributed by atoms with Gasteiger partial charge in [0.25, 0.3) is 0 Å². The lowest BCUT2D eigenvalue weighted by molar-refractivity contribution is 0.107. The Kier molecular flexibility index (Phi) is 3.96. The monoisotopic (exact) mass is 210 g/mol. The van der Waals surface area contributed by atoms with Crippen LogP contribution in [0.4, 0.5) is 4.79 Å². The number of carbonyl (C=O) groups is 1. The maximum Gasteiger partial charge on any atom is 0.409 e. The number of ether oxygens (including phenoxy) is 1. The van der Waals surface area contributed by atoms with Crippen molar-refractivity contribution in [2.24, 2.45) is 5.41 Å². The van der Waals surface area contributed by atoms with Crippen molar-refractivity contribution < 1.29 is 9.53 Å². The van der Waals surface area contributed by atoms with Crippen molar-refractivity contribution in [1.29, 1.82) is 5.26 Å². The number of unbranched alkanes of at least 4 members (excludes halogenated alkanes) is 1. The Balaban J connectivity index is 2.34. The molecular formula is C11H18N2O2. The van der Waals surface area contributed by atoms with Gasteiger partial charge in [0.1, 0.15) is 0 Å². The number of rotatable bonds is 3. The Labute approximate surface area is 90.8 Å². The molecule has 1 rings (SSSR count). The molecule has 1 atom stereocenters. The molecule has 0 bridgehead atoms. The minimum absolute atomic E-state index is 0.276. The molecule has 0 aliphatic carbocycles. The van der Waals surface area contributed by atoms with Crippen LogP contribution in [-0.2, 0) is 4.74 Å². The molecule has 84 valence electrons. The number of nitriles is 1. The molecule has 0 N–H and O–H groups in total. The Morgan fingerprint density at radius 1 is 1.67 bits per heavy atom. The van der Waals surface area contributed by atoms with Crippen LogP contribution in [0.3, 0.4) is 0 Å². The van der Waals surface area contributed by atoms with Gasteiger partial charge in [-0.05, 0) is 19.8 Å². The molecule has 15 heavy (non-hydrogen) atoms. The second-order valence-electron chi connectivity index (χ2n) is 4.31. The fourth-order valence-corrected chi connectivity index (χ4v) is 1.60. The van der Waals surface area contributed by atoms with Gasteiger partial charge < -0.3 is 9.64 Å².